The first-order chi connectivity index (χ1) is 6.84. The monoisotopic (exact) mass is 208 g/mol. The Morgan fingerprint density at radius 1 is 1.43 bits per heavy atom. The predicted octanol–water partition coefficient (Wildman–Crippen LogP) is 1.98. The fourth-order valence-corrected chi connectivity index (χ4v) is 3.33. The summed E-state index contributed by atoms with van der Waals surface area (Å²) < 4.78 is 0. The molecule has 0 amide bonds. The molecule has 2 nitrogen and oxygen atoms in total. The summed E-state index contributed by atoms with van der Waals surface area (Å²) in [5.41, 5.74) is 6.05. The third kappa shape index (κ3) is 1.49. The van der Waals surface area contributed by atoms with Gasteiger partial charge in [0.25, 0.3) is 0 Å². The van der Waals surface area contributed by atoms with Crippen LogP contribution in [0.3, 0.4) is 0 Å². The summed E-state index contributed by atoms with van der Waals surface area (Å²) in [6, 6.07) is 6.26. The fourth-order valence-electron chi connectivity index (χ4n) is 2.46. The number of hydrogen-bond donors (Lipinski definition) is 1. The lowest BCUT2D eigenvalue weighted by Gasteiger charge is -2.22. The molecule has 2 unspecified atom stereocenters. The van der Waals surface area contributed by atoms with Crippen molar-refractivity contribution in [3.8, 4) is 0 Å². The molecule has 1 aromatic rings. The third-order valence-corrected chi connectivity index (χ3v) is 4.23. The molecule has 2 fully saturated rings. The summed E-state index contributed by atoms with van der Waals surface area (Å²) in [6.07, 6.45) is 3.92. The molecule has 76 valence electrons. The maximum atomic E-state index is 6.05. The van der Waals surface area contributed by atoms with E-state index in [0.717, 1.165) is 19.0 Å². The standard InChI is InChI=1S/C11H16N2S/c12-8-6-10(11-2-1-5-14-11)13(7-8)9-3-4-9/h1-2,5,8-10H,3-4,6-7,12H2. The van der Waals surface area contributed by atoms with Crippen LogP contribution in [0, 0.1) is 0 Å². The van der Waals surface area contributed by atoms with Gasteiger partial charge in [0, 0.05) is 29.5 Å². The second-order valence-corrected chi connectivity index (χ2v) is 5.43. The predicted molar refractivity (Wildman–Crippen MR) is 59.4 cm³/mol. The summed E-state index contributed by atoms with van der Waals surface area (Å²) in [4.78, 5) is 4.13. The van der Waals surface area contributed by atoms with Crippen molar-refractivity contribution in [1.29, 1.82) is 0 Å². The molecule has 0 bridgehead atoms. The molecule has 1 saturated carbocycles. The van der Waals surface area contributed by atoms with Crippen LogP contribution in [0.4, 0.5) is 0 Å². The molecule has 0 spiro atoms. The lowest BCUT2D eigenvalue weighted by molar-refractivity contribution is 0.248. The number of hydrogen-bond acceptors (Lipinski definition) is 3. The number of nitrogens with zero attached hydrogens (tertiary/aromatic N) is 1. The van der Waals surface area contributed by atoms with Gasteiger partial charge in [0.1, 0.15) is 0 Å². The van der Waals surface area contributed by atoms with Gasteiger partial charge in [-0.05, 0) is 30.7 Å². The van der Waals surface area contributed by atoms with Crippen LogP contribution in [-0.2, 0) is 0 Å². The normalized spacial score (nSPS) is 33.8. The van der Waals surface area contributed by atoms with Gasteiger partial charge in [-0.1, -0.05) is 6.07 Å². The van der Waals surface area contributed by atoms with E-state index in [2.05, 4.69) is 22.4 Å². The summed E-state index contributed by atoms with van der Waals surface area (Å²) in [6.45, 7) is 1.10. The van der Waals surface area contributed by atoms with E-state index in [-0.39, 0.29) is 0 Å². The van der Waals surface area contributed by atoms with E-state index >= 15 is 0 Å². The minimum atomic E-state index is 0.391. The maximum absolute atomic E-state index is 6.05. The largest absolute Gasteiger partial charge is 0.326 e. The number of likely N-dealkylation sites (tertiary alicyclic amines) is 1. The number of nitrogens with two attached hydrogens (primary N) is 1. The van der Waals surface area contributed by atoms with Crippen LogP contribution in [0.1, 0.15) is 30.2 Å². The van der Waals surface area contributed by atoms with E-state index < -0.39 is 0 Å². The molecule has 1 aliphatic carbocycles. The van der Waals surface area contributed by atoms with Crippen LogP contribution in [0.5, 0.6) is 0 Å². The first-order valence-corrected chi connectivity index (χ1v) is 6.27. The number of thiophene rings is 1. The number of rotatable bonds is 2. The van der Waals surface area contributed by atoms with Gasteiger partial charge in [0.05, 0.1) is 0 Å². The van der Waals surface area contributed by atoms with Crippen LogP contribution in [0.25, 0.3) is 0 Å². The molecule has 1 aliphatic heterocycles. The first kappa shape index (κ1) is 8.89. The maximum Gasteiger partial charge on any atom is 0.0460 e. The van der Waals surface area contributed by atoms with Gasteiger partial charge in [0.15, 0.2) is 0 Å². The molecule has 2 N–H and O–H groups in total. The molecule has 3 rings (SSSR count). The van der Waals surface area contributed by atoms with Crippen molar-refractivity contribution < 1.29 is 0 Å². The van der Waals surface area contributed by atoms with Crippen molar-refractivity contribution >= 4 is 11.3 Å². The minimum Gasteiger partial charge on any atom is -0.326 e. The van der Waals surface area contributed by atoms with Crippen molar-refractivity contribution in [3.05, 3.63) is 22.4 Å². The molecular weight excluding hydrogens is 192 g/mol. The zero-order valence-corrected chi connectivity index (χ0v) is 9.04. The van der Waals surface area contributed by atoms with Crippen molar-refractivity contribution in [1.82, 2.24) is 4.90 Å². The van der Waals surface area contributed by atoms with Gasteiger partial charge in [-0.3, -0.25) is 4.90 Å². The Balaban J connectivity index is 1.83. The summed E-state index contributed by atoms with van der Waals surface area (Å²) in [7, 11) is 0. The second kappa shape index (κ2) is 3.33. The highest BCUT2D eigenvalue weighted by atomic mass is 32.1. The van der Waals surface area contributed by atoms with E-state index in [1.807, 2.05) is 11.3 Å². The zero-order valence-electron chi connectivity index (χ0n) is 8.23. The van der Waals surface area contributed by atoms with E-state index in [9.17, 15) is 0 Å². The molecule has 1 aromatic heterocycles. The van der Waals surface area contributed by atoms with Gasteiger partial charge in [-0.2, -0.15) is 0 Å². The Kier molecular flexibility index (Phi) is 2.11. The fraction of sp³-hybridized carbons (Fsp3) is 0.636. The van der Waals surface area contributed by atoms with Gasteiger partial charge in [-0.25, -0.2) is 0 Å². The van der Waals surface area contributed by atoms with Crippen molar-refractivity contribution in [2.24, 2.45) is 5.73 Å². The molecule has 1 saturated heterocycles. The minimum absolute atomic E-state index is 0.391. The topological polar surface area (TPSA) is 29.3 Å². The average molecular weight is 208 g/mol. The molecule has 3 heteroatoms. The van der Waals surface area contributed by atoms with Crippen LogP contribution in [0.15, 0.2) is 17.5 Å². The Morgan fingerprint density at radius 3 is 2.93 bits per heavy atom. The van der Waals surface area contributed by atoms with Gasteiger partial charge < -0.3 is 5.73 Å². The third-order valence-electron chi connectivity index (χ3n) is 3.26. The lowest BCUT2D eigenvalue weighted by atomic mass is 10.1. The van der Waals surface area contributed by atoms with E-state index in [1.165, 1.54) is 17.7 Å². The van der Waals surface area contributed by atoms with Gasteiger partial charge >= 0.3 is 0 Å². The molecule has 2 atom stereocenters. The highest BCUT2D eigenvalue weighted by Crippen LogP contribution is 2.41. The molecule has 2 aliphatic rings. The Labute approximate surface area is 88.7 Å². The van der Waals surface area contributed by atoms with Crippen molar-refractivity contribution in [2.75, 3.05) is 6.54 Å². The van der Waals surface area contributed by atoms with Crippen molar-refractivity contribution in [2.45, 2.75) is 37.4 Å². The van der Waals surface area contributed by atoms with Crippen LogP contribution >= 0.6 is 11.3 Å². The van der Waals surface area contributed by atoms with Gasteiger partial charge in [0.2, 0.25) is 0 Å². The highest BCUT2D eigenvalue weighted by molar-refractivity contribution is 7.10. The zero-order chi connectivity index (χ0) is 9.54. The van der Waals surface area contributed by atoms with Gasteiger partial charge in [-0.15, -0.1) is 11.3 Å². The van der Waals surface area contributed by atoms with Crippen LogP contribution < -0.4 is 5.73 Å². The van der Waals surface area contributed by atoms with Crippen molar-refractivity contribution in [3.63, 3.8) is 0 Å². The lowest BCUT2D eigenvalue weighted by Crippen LogP contribution is -2.29. The summed E-state index contributed by atoms with van der Waals surface area (Å²) in [5.74, 6) is 0. The average Bonchev–Trinajstić information content (AvgIpc) is 2.74. The van der Waals surface area contributed by atoms with E-state index in [0.29, 0.717) is 12.1 Å². The SMILES string of the molecule is NC1CC(c2cccs2)N(C2CC2)C1. The van der Waals surface area contributed by atoms with Crippen LogP contribution in [-0.4, -0.2) is 23.5 Å². The molecule has 0 radical (unpaired) electrons. The van der Waals surface area contributed by atoms with E-state index in [1.54, 1.807) is 0 Å². The molecule has 2 heterocycles. The summed E-state index contributed by atoms with van der Waals surface area (Å²) in [5, 5.41) is 2.17. The molecule has 14 heavy (non-hydrogen) atoms. The molecular formula is C11H16N2S. The Hall–Kier alpha value is -0.380. The Bertz CT molecular complexity index is 305. The van der Waals surface area contributed by atoms with Crippen LogP contribution in [0.2, 0.25) is 0 Å². The second-order valence-electron chi connectivity index (χ2n) is 4.45. The highest BCUT2D eigenvalue weighted by Gasteiger charge is 2.40. The smallest absolute Gasteiger partial charge is 0.0460 e. The molecule has 0 aromatic carbocycles. The summed E-state index contributed by atoms with van der Waals surface area (Å²) >= 11 is 1.87. The quantitative estimate of drug-likeness (QED) is 0.805. The first-order valence-electron chi connectivity index (χ1n) is 5.39. The van der Waals surface area contributed by atoms with E-state index in [4.69, 9.17) is 5.73 Å². The Morgan fingerprint density at radius 2 is 2.29 bits per heavy atom.